The maximum absolute atomic E-state index is 12.4. The summed E-state index contributed by atoms with van der Waals surface area (Å²) in [4.78, 5) is 0. The van der Waals surface area contributed by atoms with Crippen LogP contribution in [-0.2, 0) is 12.8 Å². The van der Waals surface area contributed by atoms with E-state index in [0.717, 1.165) is 18.4 Å². The fourth-order valence-corrected chi connectivity index (χ4v) is 4.47. The van der Waals surface area contributed by atoms with Gasteiger partial charge in [-0.3, -0.25) is 0 Å². The van der Waals surface area contributed by atoms with Crippen LogP contribution in [0.3, 0.4) is 0 Å². The summed E-state index contributed by atoms with van der Waals surface area (Å²) in [6, 6.07) is 21.7. The van der Waals surface area contributed by atoms with E-state index in [1.807, 2.05) is 6.07 Å². The van der Waals surface area contributed by atoms with Crippen LogP contribution in [0.25, 0.3) is 11.1 Å². The Morgan fingerprint density at radius 3 is 2.48 bits per heavy atom. The highest BCUT2D eigenvalue weighted by Gasteiger charge is 2.31. The van der Waals surface area contributed by atoms with Crippen LogP contribution < -0.4 is 10.1 Å². The van der Waals surface area contributed by atoms with E-state index in [2.05, 4.69) is 66.4 Å². The Kier molecular flexibility index (Phi) is 6.05. The normalized spacial score (nSPS) is 14.6. The van der Waals surface area contributed by atoms with Crippen molar-refractivity contribution in [2.24, 2.45) is 0 Å². The molecule has 1 aliphatic rings. The molecule has 0 saturated carbocycles. The molecule has 3 aromatic carbocycles. The number of alkyl halides is 3. The van der Waals surface area contributed by atoms with Gasteiger partial charge >= 0.3 is 6.36 Å². The zero-order valence-electron chi connectivity index (χ0n) is 17.7. The van der Waals surface area contributed by atoms with Gasteiger partial charge in [0.15, 0.2) is 0 Å². The average molecular weight is 425 g/mol. The van der Waals surface area contributed by atoms with Crippen molar-refractivity contribution in [3.05, 3.63) is 89.0 Å². The summed E-state index contributed by atoms with van der Waals surface area (Å²) in [5, 5.41) is 3.66. The molecule has 0 unspecified atom stereocenters. The fourth-order valence-electron chi connectivity index (χ4n) is 4.47. The molecular weight excluding hydrogens is 399 g/mol. The van der Waals surface area contributed by atoms with Crippen LogP contribution in [0.15, 0.2) is 66.7 Å². The van der Waals surface area contributed by atoms with Crippen LogP contribution in [0.4, 0.5) is 13.2 Å². The molecule has 2 nitrogen and oxygen atoms in total. The highest BCUT2D eigenvalue weighted by atomic mass is 19.4. The maximum atomic E-state index is 12.4. The minimum Gasteiger partial charge on any atom is -0.406 e. The van der Waals surface area contributed by atoms with E-state index in [4.69, 9.17) is 0 Å². The van der Waals surface area contributed by atoms with Crippen LogP contribution in [0.5, 0.6) is 5.75 Å². The predicted octanol–water partition coefficient (Wildman–Crippen LogP) is 6.83. The van der Waals surface area contributed by atoms with Crippen molar-refractivity contribution in [1.29, 1.82) is 0 Å². The molecule has 0 amide bonds. The second kappa shape index (κ2) is 8.75. The van der Waals surface area contributed by atoms with E-state index in [1.165, 1.54) is 39.9 Å². The third kappa shape index (κ3) is 5.10. The minimum absolute atomic E-state index is 0.168. The van der Waals surface area contributed by atoms with E-state index >= 15 is 0 Å². The SMILES string of the molecule is C[C@H](CCc1cccc(OC(F)(F)F)c1)N[C@@H](C)c1cccc2c1Cc1ccccc1-2. The van der Waals surface area contributed by atoms with E-state index in [1.54, 1.807) is 6.07 Å². The Balaban J connectivity index is 1.38. The van der Waals surface area contributed by atoms with Gasteiger partial charge in [0.05, 0.1) is 0 Å². The lowest BCUT2D eigenvalue weighted by Crippen LogP contribution is -2.30. The van der Waals surface area contributed by atoms with Crippen LogP contribution in [0.2, 0.25) is 0 Å². The Bertz CT molecular complexity index is 1060. The lowest BCUT2D eigenvalue weighted by atomic mass is 9.96. The van der Waals surface area contributed by atoms with Crippen molar-refractivity contribution < 1.29 is 17.9 Å². The largest absolute Gasteiger partial charge is 0.573 e. The molecule has 5 heteroatoms. The number of hydrogen-bond acceptors (Lipinski definition) is 2. The fraction of sp³-hybridized carbons (Fsp3) is 0.308. The first-order valence-electron chi connectivity index (χ1n) is 10.6. The van der Waals surface area contributed by atoms with Gasteiger partial charge in [0.2, 0.25) is 0 Å². The number of rotatable bonds is 7. The Labute approximate surface area is 181 Å². The second-order valence-corrected chi connectivity index (χ2v) is 8.23. The van der Waals surface area contributed by atoms with Gasteiger partial charge in [0, 0.05) is 12.1 Å². The zero-order valence-corrected chi connectivity index (χ0v) is 17.7. The molecule has 0 aliphatic heterocycles. The number of nitrogens with one attached hydrogen (secondary N) is 1. The molecule has 1 N–H and O–H groups in total. The molecule has 162 valence electrons. The lowest BCUT2D eigenvalue weighted by Gasteiger charge is -2.23. The van der Waals surface area contributed by atoms with Crippen molar-refractivity contribution in [3.63, 3.8) is 0 Å². The molecule has 4 rings (SSSR count). The van der Waals surface area contributed by atoms with Gasteiger partial charge in [-0.1, -0.05) is 54.6 Å². The number of halogens is 3. The number of fused-ring (bicyclic) bond motifs is 3. The molecule has 2 atom stereocenters. The molecule has 0 heterocycles. The molecular formula is C26H26F3NO. The molecule has 0 fully saturated rings. The van der Waals surface area contributed by atoms with Gasteiger partial charge < -0.3 is 10.1 Å². The van der Waals surface area contributed by atoms with Crippen molar-refractivity contribution in [2.45, 2.75) is 51.6 Å². The van der Waals surface area contributed by atoms with Gasteiger partial charge in [0.1, 0.15) is 5.75 Å². The number of hydrogen-bond donors (Lipinski definition) is 1. The highest BCUT2D eigenvalue weighted by molar-refractivity contribution is 5.78. The minimum atomic E-state index is -4.67. The van der Waals surface area contributed by atoms with Gasteiger partial charge in [0.25, 0.3) is 0 Å². The van der Waals surface area contributed by atoms with Crippen LogP contribution >= 0.6 is 0 Å². The molecule has 0 saturated heterocycles. The third-order valence-electron chi connectivity index (χ3n) is 5.89. The van der Waals surface area contributed by atoms with Crippen molar-refractivity contribution in [2.75, 3.05) is 0 Å². The van der Waals surface area contributed by atoms with E-state index in [9.17, 15) is 13.2 Å². The number of benzene rings is 3. The van der Waals surface area contributed by atoms with Crippen molar-refractivity contribution in [1.82, 2.24) is 5.32 Å². The molecule has 0 aromatic heterocycles. The quantitative estimate of drug-likeness (QED) is 0.350. The van der Waals surface area contributed by atoms with E-state index in [-0.39, 0.29) is 17.8 Å². The van der Waals surface area contributed by atoms with Crippen molar-refractivity contribution >= 4 is 0 Å². The van der Waals surface area contributed by atoms with E-state index in [0.29, 0.717) is 6.42 Å². The van der Waals surface area contributed by atoms with Crippen LogP contribution in [0.1, 0.15) is 48.6 Å². The van der Waals surface area contributed by atoms with Crippen LogP contribution in [0, 0.1) is 0 Å². The van der Waals surface area contributed by atoms with Crippen molar-refractivity contribution in [3.8, 4) is 16.9 Å². The smallest absolute Gasteiger partial charge is 0.406 e. The molecule has 31 heavy (non-hydrogen) atoms. The molecule has 0 spiro atoms. The van der Waals surface area contributed by atoms with E-state index < -0.39 is 6.36 Å². The molecule has 1 aliphatic carbocycles. The third-order valence-corrected chi connectivity index (χ3v) is 5.89. The zero-order chi connectivity index (χ0) is 22.0. The summed E-state index contributed by atoms with van der Waals surface area (Å²) in [5.74, 6) is -0.168. The van der Waals surface area contributed by atoms with Gasteiger partial charge in [-0.15, -0.1) is 13.2 Å². The Morgan fingerprint density at radius 1 is 0.935 bits per heavy atom. The standard InChI is InChI=1S/C26H26F3NO/c1-17(13-14-19-7-5-9-21(15-19)31-26(27,28)29)30-18(2)22-11-6-12-24-23-10-4-3-8-20(23)16-25(22)24/h3-12,15,17-18,30H,13-14,16H2,1-2H3/t17-,18+/m1/s1. The van der Waals surface area contributed by atoms with Crippen LogP contribution in [-0.4, -0.2) is 12.4 Å². The lowest BCUT2D eigenvalue weighted by molar-refractivity contribution is -0.274. The average Bonchev–Trinajstić information content (AvgIpc) is 3.10. The molecule has 3 aromatic rings. The Hall–Kier alpha value is -2.79. The summed E-state index contributed by atoms with van der Waals surface area (Å²) in [7, 11) is 0. The van der Waals surface area contributed by atoms with Gasteiger partial charge in [-0.25, -0.2) is 0 Å². The molecule has 0 radical (unpaired) electrons. The predicted molar refractivity (Wildman–Crippen MR) is 117 cm³/mol. The summed E-state index contributed by atoms with van der Waals surface area (Å²) in [6.07, 6.45) is -2.23. The maximum Gasteiger partial charge on any atom is 0.573 e. The first-order valence-corrected chi connectivity index (χ1v) is 10.6. The first-order chi connectivity index (χ1) is 14.8. The first kappa shape index (κ1) is 21.4. The summed E-state index contributed by atoms with van der Waals surface area (Å²) < 4.78 is 41.3. The van der Waals surface area contributed by atoms with Gasteiger partial charge in [-0.2, -0.15) is 0 Å². The van der Waals surface area contributed by atoms with Gasteiger partial charge in [-0.05, 0) is 78.6 Å². The number of aryl methyl sites for hydroxylation is 1. The summed E-state index contributed by atoms with van der Waals surface area (Å²) in [5.41, 5.74) is 7.52. The Morgan fingerprint density at radius 2 is 1.68 bits per heavy atom. The summed E-state index contributed by atoms with van der Waals surface area (Å²) >= 11 is 0. The highest BCUT2D eigenvalue weighted by Crippen LogP contribution is 2.39. The second-order valence-electron chi connectivity index (χ2n) is 8.23. The molecule has 0 bridgehead atoms. The number of ether oxygens (including phenoxy) is 1. The monoisotopic (exact) mass is 425 g/mol. The summed E-state index contributed by atoms with van der Waals surface area (Å²) in [6.45, 7) is 4.29. The topological polar surface area (TPSA) is 21.3 Å².